The third-order valence-corrected chi connectivity index (χ3v) is 2.84. The van der Waals surface area contributed by atoms with E-state index in [1.807, 2.05) is 36.9 Å². The van der Waals surface area contributed by atoms with Gasteiger partial charge in [0.2, 0.25) is 0 Å². The van der Waals surface area contributed by atoms with Crippen LogP contribution in [-0.4, -0.2) is 10.4 Å². The van der Waals surface area contributed by atoms with Gasteiger partial charge in [0, 0.05) is 30.4 Å². The van der Waals surface area contributed by atoms with Gasteiger partial charge < -0.3 is 4.57 Å². The molecule has 0 aliphatic rings. The molecule has 0 unspecified atom stereocenters. The quantitative estimate of drug-likeness (QED) is 0.755. The van der Waals surface area contributed by atoms with Gasteiger partial charge in [-0.25, -0.2) is 4.39 Å². The summed E-state index contributed by atoms with van der Waals surface area (Å²) in [5.41, 5.74) is 1.74. The number of nitrogens with zero attached hydrogens (tertiary/aromatic N) is 1. The molecule has 2 rings (SSSR count). The molecule has 1 heterocycles. The van der Waals surface area contributed by atoms with E-state index in [1.54, 1.807) is 12.1 Å². The molecule has 0 saturated heterocycles. The van der Waals surface area contributed by atoms with Crippen molar-refractivity contribution in [3.05, 3.63) is 59.7 Å². The molecule has 0 bridgehead atoms. The summed E-state index contributed by atoms with van der Waals surface area (Å²) in [7, 11) is 0. The van der Waals surface area contributed by atoms with Crippen molar-refractivity contribution in [3.63, 3.8) is 0 Å². The molecule has 18 heavy (non-hydrogen) atoms. The number of benzene rings is 1. The predicted molar refractivity (Wildman–Crippen MR) is 69.1 cm³/mol. The van der Waals surface area contributed by atoms with Crippen LogP contribution in [0, 0.1) is 11.7 Å². The van der Waals surface area contributed by atoms with Gasteiger partial charge in [0.05, 0.1) is 0 Å². The first-order valence-electron chi connectivity index (χ1n) is 6.00. The van der Waals surface area contributed by atoms with Gasteiger partial charge in [-0.05, 0) is 23.8 Å². The van der Waals surface area contributed by atoms with Gasteiger partial charge in [-0.3, -0.25) is 4.79 Å². The van der Waals surface area contributed by atoms with Crippen LogP contribution in [0.2, 0.25) is 0 Å². The number of halogens is 1. The van der Waals surface area contributed by atoms with Crippen LogP contribution in [0.4, 0.5) is 4.39 Å². The summed E-state index contributed by atoms with van der Waals surface area (Å²) in [5.74, 6) is -0.0820. The first-order valence-corrected chi connectivity index (χ1v) is 6.00. The summed E-state index contributed by atoms with van der Waals surface area (Å²) in [6.45, 7) is 4.42. The number of rotatable bonds is 4. The number of aromatic nitrogens is 1. The maximum atomic E-state index is 12.8. The van der Waals surface area contributed by atoms with E-state index in [4.69, 9.17) is 0 Å². The second kappa shape index (κ2) is 5.17. The zero-order valence-electron chi connectivity index (χ0n) is 10.6. The van der Waals surface area contributed by atoms with Crippen molar-refractivity contribution in [2.45, 2.75) is 20.4 Å². The maximum Gasteiger partial charge on any atom is 0.166 e. The largest absolute Gasteiger partial charge is 0.349 e. The number of Topliss-reactive ketones (excluding diaryl/α,β-unsaturated/α-hetero) is 1. The Morgan fingerprint density at radius 3 is 2.50 bits per heavy atom. The lowest BCUT2D eigenvalue weighted by atomic mass is 10.0. The Morgan fingerprint density at radius 1 is 1.22 bits per heavy atom. The Morgan fingerprint density at radius 2 is 1.89 bits per heavy atom. The Hall–Kier alpha value is -1.90. The molecule has 0 fully saturated rings. The summed E-state index contributed by atoms with van der Waals surface area (Å²) >= 11 is 0. The monoisotopic (exact) mass is 245 g/mol. The van der Waals surface area contributed by atoms with Gasteiger partial charge in [0.25, 0.3) is 0 Å². The molecule has 0 saturated carbocycles. The van der Waals surface area contributed by atoms with E-state index in [-0.39, 0.29) is 17.5 Å². The van der Waals surface area contributed by atoms with Crippen LogP contribution in [-0.2, 0) is 6.54 Å². The molecule has 2 aromatic rings. The fourth-order valence-corrected chi connectivity index (χ4v) is 1.82. The highest BCUT2D eigenvalue weighted by atomic mass is 19.1. The lowest BCUT2D eigenvalue weighted by Gasteiger charge is -2.03. The van der Waals surface area contributed by atoms with Crippen molar-refractivity contribution in [3.8, 4) is 0 Å². The average Bonchev–Trinajstić information content (AvgIpc) is 2.79. The molecule has 0 aliphatic heterocycles. The normalized spacial score (nSPS) is 10.9. The Labute approximate surface area is 106 Å². The predicted octanol–water partition coefficient (Wildman–Crippen LogP) is 3.51. The van der Waals surface area contributed by atoms with Crippen molar-refractivity contribution in [1.82, 2.24) is 4.57 Å². The first-order chi connectivity index (χ1) is 8.56. The minimum Gasteiger partial charge on any atom is -0.349 e. The van der Waals surface area contributed by atoms with Crippen molar-refractivity contribution < 1.29 is 9.18 Å². The van der Waals surface area contributed by atoms with E-state index in [1.165, 1.54) is 12.1 Å². The van der Waals surface area contributed by atoms with Gasteiger partial charge >= 0.3 is 0 Å². The molecule has 0 aliphatic carbocycles. The minimum atomic E-state index is -0.234. The zero-order valence-corrected chi connectivity index (χ0v) is 10.6. The highest BCUT2D eigenvalue weighted by molar-refractivity contribution is 5.97. The van der Waals surface area contributed by atoms with Crippen molar-refractivity contribution in [2.24, 2.45) is 5.92 Å². The van der Waals surface area contributed by atoms with Gasteiger partial charge in [0.1, 0.15) is 5.82 Å². The maximum absolute atomic E-state index is 12.8. The first kappa shape index (κ1) is 12.6. The lowest BCUT2D eigenvalue weighted by molar-refractivity contribution is 0.0939. The Kier molecular flexibility index (Phi) is 3.60. The topological polar surface area (TPSA) is 22.0 Å². The van der Waals surface area contributed by atoms with Crippen LogP contribution in [0.15, 0.2) is 42.7 Å². The lowest BCUT2D eigenvalue weighted by Crippen LogP contribution is -2.06. The van der Waals surface area contributed by atoms with E-state index in [0.29, 0.717) is 6.54 Å². The van der Waals surface area contributed by atoms with E-state index in [9.17, 15) is 9.18 Å². The highest BCUT2D eigenvalue weighted by Crippen LogP contribution is 2.11. The minimum absolute atomic E-state index is 0.00618. The molecule has 0 radical (unpaired) electrons. The standard InChI is InChI=1S/C15H16FNO/c1-11(2)15(18)13-7-8-17(10-13)9-12-3-5-14(16)6-4-12/h3-8,10-11H,9H2,1-2H3. The highest BCUT2D eigenvalue weighted by Gasteiger charge is 2.11. The molecule has 0 spiro atoms. The molecule has 2 nitrogen and oxygen atoms in total. The van der Waals surface area contributed by atoms with E-state index in [2.05, 4.69) is 0 Å². The summed E-state index contributed by atoms with van der Waals surface area (Å²) in [4.78, 5) is 11.8. The van der Waals surface area contributed by atoms with E-state index in [0.717, 1.165) is 11.1 Å². The molecule has 3 heteroatoms. The van der Waals surface area contributed by atoms with Gasteiger partial charge in [-0.2, -0.15) is 0 Å². The molecular formula is C15H16FNO. The van der Waals surface area contributed by atoms with Crippen molar-refractivity contribution >= 4 is 5.78 Å². The summed E-state index contributed by atoms with van der Waals surface area (Å²) in [6.07, 6.45) is 3.71. The van der Waals surface area contributed by atoms with Crippen molar-refractivity contribution in [1.29, 1.82) is 0 Å². The number of hydrogen-bond acceptors (Lipinski definition) is 1. The van der Waals surface area contributed by atoms with Crippen molar-refractivity contribution in [2.75, 3.05) is 0 Å². The third kappa shape index (κ3) is 2.86. The fraction of sp³-hybridized carbons (Fsp3) is 0.267. The molecule has 0 atom stereocenters. The van der Waals surface area contributed by atoms with Crippen LogP contribution < -0.4 is 0 Å². The molecular weight excluding hydrogens is 229 g/mol. The number of carbonyl (C=O) groups excluding carboxylic acids is 1. The second-order valence-electron chi connectivity index (χ2n) is 4.72. The van der Waals surface area contributed by atoms with Crippen LogP contribution in [0.5, 0.6) is 0 Å². The molecule has 0 N–H and O–H groups in total. The molecule has 1 aromatic heterocycles. The Balaban J connectivity index is 2.11. The van der Waals surface area contributed by atoms with Crippen LogP contribution in [0.1, 0.15) is 29.8 Å². The van der Waals surface area contributed by atoms with Gasteiger partial charge in [-0.1, -0.05) is 26.0 Å². The third-order valence-electron chi connectivity index (χ3n) is 2.84. The molecule has 0 amide bonds. The summed E-state index contributed by atoms with van der Waals surface area (Å²) in [6, 6.07) is 8.21. The smallest absolute Gasteiger partial charge is 0.166 e. The molecule has 1 aromatic carbocycles. The van der Waals surface area contributed by atoms with Crippen LogP contribution in [0.25, 0.3) is 0 Å². The van der Waals surface area contributed by atoms with E-state index < -0.39 is 0 Å². The summed E-state index contributed by atoms with van der Waals surface area (Å²) < 4.78 is 14.7. The number of ketones is 1. The van der Waals surface area contributed by atoms with Gasteiger partial charge in [0.15, 0.2) is 5.78 Å². The summed E-state index contributed by atoms with van der Waals surface area (Å²) in [5, 5.41) is 0. The molecule has 94 valence electrons. The zero-order chi connectivity index (χ0) is 13.1. The SMILES string of the molecule is CC(C)C(=O)c1ccn(Cc2ccc(F)cc2)c1. The van der Waals surface area contributed by atoms with Crippen LogP contribution >= 0.6 is 0 Å². The van der Waals surface area contributed by atoms with Gasteiger partial charge in [-0.15, -0.1) is 0 Å². The fourth-order valence-electron chi connectivity index (χ4n) is 1.82. The Bertz CT molecular complexity index is 540. The second-order valence-corrected chi connectivity index (χ2v) is 4.72. The number of hydrogen-bond donors (Lipinski definition) is 0. The van der Waals surface area contributed by atoms with E-state index >= 15 is 0 Å². The average molecular weight is 245 g/mol. The number of carbonyl (C=O) groups is 1. The van der Waals surface area contributed by atoms with Crippen LogP contribution in [0.3, 0.4) is 0 Å².